The van der Waals surface area contributed by atoms with Gasteiger partial charge in [-0.2, -0.15) is 0 Å². The number of aliphatic carboxylic acids is 1. The summed E-state index contributed by atoms with van der Waals surface area (Å²) in [6.45, 7) is 3.29. The summed E-state index contributed by atoms with van der Waals surface area (Å²) >= 11 is 0. The maximum absolute atomic E-state index is 10.8. The molecule has 0 heterocycles. The van der Waals surface area contributed by atoms with Gasteiger partial charge in [-0.15, -0.1) is 0 Å². The molecule has 0 aromatic rings. The highest BCUT2D eigenvalue weighted by Gasteiger charge is 2.38. The Labute approximate surface area is 84.9 Å². The number of carboxylic acids is 1. The molecule has 2 aliphatic carbocycles. The van der Waals surface area contributed by atoms with Crippen LogP contribution in [0.3, 0.4) is 0 Å². The van der Waals surface area contributed by atoms with Gasteiger partial charge in [0.1, 0.15) is 0 Å². The molecule has 2 atom stereocenters. The van der Waals surface area contributed by atoms with E-state index in [2.05, 4.69) is 12.2 Å². The molecule has 0 aliphatic heterocycles. The quantitative estimate of drug-likeness (QED) is 0.720. The van der Waals surface area contributed by atoms with Gasteiger partial charge in [-0.1, -0.05) is 13.3 Å². The lowest BCUT2D eigenvalue weighted by atomic mass is 9.69. The van der Waals surface area contributed by atoms with Crippen LogP contribution in [0.5, 0.6) is 0 Å². The fourth-order valence-corrected chi connectivity index (χ4v) is 2.37. The van der Waals surface area contributed by atoms with E-state index in [0.717, 1.165) is 19.4 Å². The minimum Gasteiger partial charge on any atom is -0.481 e. The molecule has 2 unspecified atom stereocenters. The Morgan fingerprint density at radius 2 is 2.21 bits per heavy atom. The molecule has 0 radical (unpaired) electrons. The molecule has 2 rings (SSSR count). The van der Waals surface area contributed by atoms with Crippen molar-refractivity contribution in [3.8, 4) is 0 Å². The topological polar surface area (TPSA) is 49.3 Å². The fraction of sp³-hybridized carbons (Fsp3) is 0.909. The van der Waals surface area contributed by atoms with Crippen LogP contribution >= 0.6 is 0 Å². The van der Waals surface area contributed by atoms with E-state index < -0.39 is 5.97 Å². The Bertz CT molecular complexity index is 235. The van der Waals surface area contributed by atoms with Gasteiger partial charge < -0.3 is 10.4 Å². The summed E-state index contributed by atoms with van der Waals surface area (Å²) in [5.74, 6) is -0.758. The van der Waals surface area contributed by atoms with E-state index in [4.69, 9.17) is 5.11 Å². The van der Waals surface area contributed by atoms with E-state index in [1.165, 1.54) is 19.3 Å². The second kappa shape index (κ2) is 3.54. The third-order valence-electron chi connectivity index (χ3n) is 3.94. The van der Waals surface area contributed by atoms with Gasteiger partial charge in [0, 0.05) is 12.6 Å². The predicted octanol–water partition coefficient (Wildman–Crippen LogP) is 1.63. The summed E-state index contributed by atoms with van der Waals surface area (Å²) in [6.07, 6.45) is 5.82. The summed E-state index contributed by atoms with van der Waals surface area (Å²) < 4.78 is 0. The fourth-order valence-electron chi connectivity index (χ4n) is 2.37. The van der Waals surface area contributed by atoms with Crippen molar-refractivity contribution in [1.82, 2.24) is 5.32 Å². The molecule has 0 saturated heterocycles. The average Bonchev–Trinajstić information content (AvgIpc) is 1.98. The van der Waals surface area contributed by atoms with Crippen LogP contribution in [0.25, 0.3) is 0 Å². The first-order valence-electron chi connectivity index (χ1n) is 5.57. The van der Waals surface area contributed by atoms with Crippen LogP contribution in [0.4, 0.5) is 0 Å². The van der Waals surface area contributed by atoms with Gasteiger partial charge in [0.2, 0.25) is 0 Å². The first-order valence-corrected chi connectivity index (χ1v) is 5.57. The van der Waals surface area contributed by atoms with Gasteiger partial charge in [-0.05, 0) is 31.1 Å². The van der Waals surface area contributed by atoms with Crippen molar-refractivity contribution in [2.45, 2.75) is 45.1 Å². The zero-order valence-electron chi connectivity index (χ0n) is 8.75. The standard InChI is InChI=1S/C11H19NO2/c1-11(5-2-6-11)7-12-9-4-3-8(9)10(13)14/h8-9,12H,2-7H2,1H3,(H,13,14). The van der Waals surface area contributed by atoms with Gasteiger partial charge in [-0.3, -0.25) is 4.79 Å². The average molecular weight is 197 g/mol. The van der Waals surface area contributed by atoms with Gasteiger partial charge in [0.15, 0.2) is 0 Å². The highest BCUT2D eigenvalue weighted by atomic mass is 16.4. The molecule has 0 aromatic heterocycles. The zero-order chi connectivity index (χ0) is 10.2. The Hall–Kier alpha value is -0.570. The molecule has 2 fully saturated rings. The zero-order valence-corrected chi connectivity index (χ0v) is 8.75. The molecule has 0 spiro atoms. The van der Waals surface area contributed by atoms with Gasteiger partial charge in [0.25, 0.3) is 0 Å². The monoisotopic (exact) mass is 197 g/mol. The van der Waals surface area contributed by atoms with E-state index >= 15 is 0 Å². The highest BCUT2D eigenvalue weighted by molar-refractivity contribution is 5.72. The van der Waals surface area contributed by atoms with Crippen molar-refractivity contribution in [1.29, 1.82) is 0 Å². The third-order valence-corrected chi connectivity index (χ3v) is 3.94. The lowest BCUT2D eigenvalue weighted by molar-refractivity contribution is -0.146. The molecule has 80 valence electrons. The Balaban J connectivity index is 1.73. The second-order valence-electron chi connectivity index (χ2n) is 5.17. The second-order valence-corrected chi connectivity index (χ2v) is 5.17. The first kappa shape index (κ1) is 9.97. The van der Waals surface area contributed by atoms with E-state index in [9.17, 15) is 4.79 Å². The van der Waals surface area contributed by atoms with Crippen molar-refractivity contribution < 1.29 is 9.90 Å². The highest BCUT2D eigenvalue weighted by Crippen LogP contribution is 2.40. The van der Waals surface area contributed by atoms with Crippen molar-refractivity contribution in [3.05, 3.63) is 0 Å². The minimum absolute atomic E-state index is 0.126. The number of hydrogen-bond acceptors (Lipinski definition) is 2. The molecular formula is C11H19NO2. The molecule has 3 nitrogen and oxygen atoms in total. The molecule has 3 heteroatoms. The summed E-state index contributed by atoms with van der Waals surface area (Å²) in [5, 5.41) is 12.3. The lowest BCUT2D eigenvalue weighted by Crippen LogP contribution is -2.51. The number of rotatable bonds is 4. The van der Waals surface area contributed by atoms with E-state index in [-0.39, 0.29) is 12.0 Å². The SMILES string of the molecule is CC1(CNC2CCC2C(=O)O)CCC1. The van der Waals surface area contributed by atoms with Crippen LogP contribution in [-0.4, -0.2) is 23.7 Å². The summed E-state index contributed by atoms with van der Waals surface area (Å²) in [7, 11) is 0. The molecule has 2 saturated carbocycles. The van der Waals surface area contributed by atoms with Crippen LogP contribution in [0.2, 0.25) is 0 Å². The van der Waals surface area contributed by atoms with Crippen LogP contribution in [0.1, 0.15) is 39.0 Å². The van der Waals surface area contributed by atoms with Gasteiger partial charge in [0.05, 0.1) is 5.92 Å². The van der Waals surface area contributed by atoms with Crippen molar-refractivity contribution in [2.75, 3.05) is 6.54 Å². The normalized spacial score (nSPS) is 34.4. The van der Waals surface area contributed by atoms with Crippen LogP contribution < -0.4 is 5.32 Å². The molecule has 0 amide bonds. The van der Waals surface area contributed by atoms with E-state index in [0.29, 0.717) is 5.41 Å². The molecular weight excluding hydrogens is 178 g/mol. The van der Waals surface area contributed by atoms with Gasteiger partial charge in [-0.25, -0.2) is 0 Å². The molecule has 0 aromatic carbocycles. The van der Waals surface area contributed by atoms with Gasteiger partial charge >= 0.3 is 5.97 Å². The maximum Gasteiger partial charge on any atom is 0.308 e. The number of nitrogens with one attached hydrogen (secondary N) is 1. The number of carbonyl (C=O) groups is 1. The largest absolute Gasteiger partial charge is 0.481 e. The molecule has 0 bridgehead atoms. The summed E-state index contributed by atoms with van der Waals surface area (Å²) in [6, 6.07) is 0.241. The Morgan fingerprint density at radius 1 is 1.50 bits per heavy atom. The van der Waals surface area contributed by atoms with Crippen LogP contribution in [-0.2, 0) is 4.79 Å². The van der Waals surface area contributed by atoms with Crippen LogP contribution in [0, 0.1) is 11.3 Å². The maximum atomic E-state index is 10.8. The smallest absolute Gasteiger partial charge is 0.308 e. The number of hydrogen-bond donors (Lipinski definition) is 2. The first-order chi connectivity index (χ1) is 6.61. The van der Waals surface area contributed by atoms with E-state index in [1.54, 1.807) is 0 Å². The summed E-state index contributed by atoms with van der Waals surface area (Å²) in [4.78, 5) is 10.8. The van der Waals surface area contributed by atoms with Crippen molar-refractivity contribution >= 4 is 5.97 Å². The van der Waals surface area contributed by atoms with E-state index in [1.807, 2.05) is 0 Å². The third kappa shape index (κ3) is 1.78. The lowest BCUT2D eigenvalue weighted by Gasteiger charge is -2.42. The summed E-state index contributed by atoms with van der Waals surface area (Å²) in [5.41, 5.74) is 0.457. The Kier molecular flexibility index (Phi) is 2.52. The minimum atomic E-state index is -0.632. The van der Waals surface area contributed by atoms with Crippen molar-refractivity contribution in [3.63, 3.8) is 0 Å². The van der Waals surface area contributed by atoms with Crippen LogP contribution in [0.15, 0.2) is 0 Å². The Morgan fingerprint density at radius 3 is 2.57 bits per heavy atom. The van der Waals surface area contributed by atoms with Crippen molar-refractivity contribution in [2.24, 2.45) is 11.3 Å². The molecule has 14 heavy (non-hydrogen) atoms. The molecule has 2 aliphatic rings. The molecule has 2 N–H and O–H groups in total. The number of carboxylic acid groups (broad SMARTS) is 1. The predicted molar refractivity (Wildman–Crippen MR) is 54.1 cm³/mol.